The third kappa shape index (κ3) is 3.30. The van der Waals surface area contributed by atoms with Crippen LogP contribution in [-0.2, 0) is 12.6 Å². The fourth-order valence-corrected chi connectivity index (χ4v) is 3.07. The molecule has 1 aromatic heterocycles. The lowest BCUT2D eigenvalue weighted by Crippen LogP contribution is -2.15. The zero-order valence-electron chi connectivity index (χ0n) is 12.0. The summed E-state index contributed by atoms with van der Waals surface area (Å²) in [5.41, 5.74) is 1.11. The van der Waals surface area contributed by atoms with Crippen LogP contribution in [0, 0.1) is 5.92 Å². The first-order valence-corrected chi connectivity index (χ1v) is 7.32. The van der Waals surface area contributed by atoms with E-state index in [0.717, 1.165) is 19.2 Å². The lowest BCUT2D eigenvalue weighted by atomic mass is 9.86. The molecular weight excluding hydrogens is 289 g/mol. The summed E-state index contributed by atoms with van der Waals surface area (Å²) in [6.45, 7) is 1.66. The van der Waals surface area contributed by atoms with Gasteiger partial charge < -0.3 is 5.32 Å². The summed E-state index contributed by atoms with van der Waals surface area (Å²) in [4.78, 5) is 4.12. The molecular formula is C17H17F3N2. The SMILES string of the molecule is FC(F)(F)c1ccnc(C[C@H]2CNC[C@H]2c2ccccc2)c1. The summed E-state index contributed by atoms with van der Waals surface area (Å²) in [7, 11) is 0. The van der Waals surface area contributed by atoms with Gasteiger partial charge in [0.2, 0.25) is 0 Å². The highest BCUT2D eigenvalue weighted by molar-refractivity contribution is 5.24. The molecule has 22 heavy (non-hydrogen) atoms. The van der Waals surface area contributed by atoms with Crippen LogP contribution in [0.2, 0.25) is 0 Å². The van der Waals surface area contributed by atoms with E-state index in [1.807, 2.05) is 18.2 Å². The molecule has 0 aliphatic carbocycles. The molecule has 1 aliphatic rings. The number of halogens is 3. The Bertz CT molecular complexity index is 625. The van der Waals surface area contributed by atoms with Crippen LogP contribution in [0.4, 0.5) is 13.2 Å². The van der Waals surface area contributed by atoms with E-state index in [4.69, 9.17) is 0 Å². The Labute approximate surface area is 127 Å². The number of hydrogen-bond acceptors (Lipinski definition) is 2. The fourth-order valence-electron chi connectivity index (χ4n) is 3.07. The molecule has 116 valence electrons. The predicted octanol–water partition coefficient (Wildman–Crippen LogP) is 3.65. The van der Waals surface area contributed by atoms with Crippen LogP contribution < -0.4 is 5.32 Å². The predicted molar refractivity (Wildman–Crippen MR) is 78.5 cm³/mol. The van der Waals surface area contributed by atoms with E-state index in [1.54, 1.807) is 0 Å². The number of aromatic nitrogens is 1. The van der Waals surface area contributed by atoms with Crippen LogP contribution in [0.5, 0.6) is 0 Å². The molecule has 0 amide bonds. The molecule has 1 aliphatic heterocycles. The standard InChI is InChI=1S/C17H17F3N2/c18-17(19,20)14-6-7-22-15(9-14)8-13-10-21-11-16(13)12-4-2-1-3-5-12/h1-7,9,13,16,21H,8,10-11H2/t13-,16-/m0/s1. The molecule has 1 saturated heterocycles. The lowest BCUT2D eigenvalue weighted by Gasteiger charge is -2.19. The third-order valence-corrected chi connectivity index (χ3v) is 4.18. The van der Waals surface area contributed by atoms with Crippen LogP contribution in [-0.4, -0.2) is 18.1 Å². The minimum absolute atomic E-state index is 0.262. The minimum atomic E-state index is -4.32. The van der Waals surface area contributed by atoms with Crippen molar-refractivity contribution in [2.45, 2.75) is 18.5 Å². The van der Waals surface area contributed by atoms with E-state index in [9.17, 15) is 13.2 Å². The van der Waals surface area contributed by atoms with Gasteiger partial charge in [-0.15, -0.1) is 0 Å². The summed E-state index contributed by atoms with van der Waals surface area (Å²) in [5.74, 6) is 0.580. The number of benzene rings is 1. The molecule has 1 N–H and O–H groups in total. The zero-order chi connectivity index (χ0) is 15.6. The quantitative estimate of drug-likeness (QED) is 0.936. The number of nitrogens with one attached hydrogen (secondary N) is 1. The van der Waals surface area contributed by atoms with Gasteiger partial charge in [-0.05, 0) is 36.6 Å². The molecule has 2 aromatic rings. The van der Waals surface area contributed by atoms with Gasteiger partial charge in [-0.2, -0.15) is 13.2 Å². The molecule has 1 aromatic carbocycles. The van der Waals surface area contributed by atoms with Crippen LogP contribution in [0.25, 0.3) is 0 Å². The Morgan fingerprint density at radius 2 is 1.86 bits per heavy atom. The zero-order valence-corrected chi connectivity index (χ0v) is 12.0. The van der Waals surface area contributed by atoms with E-state index < -0.39 is 11.7 Å². The van der Waals surface area contributed by atoms with Crippen molar-refractivity contribution in [2.24, 2.45) is 5.92 Å². The Morgan fingerprint density at radius 3 is 2.59 bits per heavy atom. The van der Waals surface area contributed by atoms with Crippen molar-refractivity contribution in [1.29, 1.82) is 0 Å². The minimum Gasteiger partial charge on any atom is -0.316 e. The van der Waals surface area contributed by atoms with Gasteiger partial charge in [0.1, 0.15) is 0 Å². The normalized spacial score (nSPS) is 22.0. The summed E-state index contributed by atoms with van der Waals surface area (Å²) >= 11 is 0. The van der Waals surface area contributed by atoms with Crippen molar-refractivity contribution >= 4 is 0 Å². The molecule has 2 atom stereocenters. The maximum absolute atomic E-state index is 12.8. The fraction of sp³-hybridized carbons (Fsp3) is 0.353. The van der Waals surface area contributed by atoms with Crippen molar-refractivity contribution in [3.05, 3.63) is 65.5 Å². The van der Waals surface area contributed by atoms with Crippen molar-refractivity contribution in [1.82, 2.24) is 10.3 Å². The average Bonchev–Trinajstić information content (AvgIpc) is 2.96. The molecule has 2 heterocycles. The van der Waals surface area contributed by atoms with E-state index in [0.29, 0.717) is 18.0 Å². The summed E-state index contributed by atoms with van der Waals surface area (Å²) in [6, 6.07) is 12.3. The van der Waals surface area contributed by atoms with Gasteiger partial charge >= 0.3 is 6.18 Å². The Morgan fingerprint density at radius 1 is 1.09 bits per heavy atom. The Kier molecular flexibility index (Phi) is 4.16. The first-order chi connectivity index (χ1) is 10.5. The van der Waals surface area contributed by atoms with E-state index in [-0.39, 0.29) is 5.92 Å². The van der Waals surface area contributed by atoms with E-state index >= 15 is 0 Å². The molecule has 1 fully saturated rings. The highest BCUT2D eigenvalue weighted by atomic mass is 19.4. The summed E-state index contributed by atoms with van der Waals surface area (Å²) in [6.07, 6.45) is -2.51. The van der Waals surface area contributed by atoms with Gasteiger partial charge in [-0.1, -0.05) is 30.3 Å². The van der Waals surface area contributed by atoms with Crippen molar-refractivity contribution in [2.75, 3.05) is 13.1 Å². The van der Waals surface area contributed by atoms with Gasteiger partial charge in [0.15, 0.2) is 0 Å². The molecule has 0 radical (unpaired) electrons. The van der Waals surface area contributed by atoms with Gasteiger partial charge in [0, 0.05) is 24.4 Å². The molecule has 0 bridgehead atoms. The third-order valence-electron chi connectivity index (χ3n) is 4.18. The van der Waals surface area contributed by atoms with E-state index in [2.05, 4.69) is 22.4 Å². The maximum atomic E-state index is 12.8. The van der Waals surface area contributed by atoms with Crippen LogP contribution >= 0.6 is 0 Å². The topological polar surface area (TPSA) is 24.9 Å². The molecule has 3 rings (SSSR count). The maximum Gasteiger partial charge on any atom is 0.416 e. The lowest BCUT2D eigenvalue weighted by molar-refractivity contribution is -0.137. The first-order valence-electron chi connectivity index (χ1n) is 7.32. The molecule has 0 unspecified atom stereocenters. The number of hydrogen-bond donors (Lipinski definition) is 1. The molecule has 0 saturated carbocycles. The number of nitrogens with zero attached hydrogens (tertiary/aromatic N) is 1. The smallest absolute Gasteiger partial charge is 0.316 e. The van der Waals surface area contributed by atoms with Crippen LogP contribution in [0.1, 0.15) is 22.7 Å². The summed E-state index contributed by atoms with van der Waals surface area (Å²) in [5, 5.41) is 3.34. The van der Waals surface area contributed by atoms with Crippen molar-refractivity contribution < 1.29 is 13.2 Å². The van der Waals surface area contributed by atoms with Crippen LogP contribution in [0.15, 0.2) is 48.7 Å². The second kappa shape index (κ2) is 6.08. The second-order valence-corrected chi connectivity index (χ2v) is 5.67. The van der Waals surface area contributed by atoms with Gasteiger partial charge in [-0.3, -0.25) is 4.98 Å². The number of alkyl halides is 3. The van der Waals surface area contributed by atoms with Crippen LogP contribution in [0.3, 0.4) is 0 Å². The molecule has 0 spiro atoms. The van der Waals surface area contributed by atoms with Gasteiger partial charge in [0.25, 0.3) is 0 Å². The number of rotatable bonds is 3. The Hall–Kier alpha value is -1.88. The highest BCUT2D eigenvalue weighted by Gasteiger charge is 2.32. The second-order valence-electron chi connectivity index (χ2n) is 5.67. The highest BCUT2D eigenvalue weighted by Crippen LogP contribution is 2.32. The van der Waals surface area contributed by atoms with E-state index in [1.165, 1.54) is 17.8 Å². The first kappa shape index (κ1) is 15.0. The van der Waals surface area contributed by atoms with Gasteiger partial charge in [-0.25, -0.2) is 0 Å². The van der Waals surface area contributed by atoms with Crippen molar-refractivity contribution in [3.63, 3.8) is 0 Å². The monoisotopic (exact) mass is 306 g/mol. The average molecular weight is 306 g/mol. The number of pyridine rings is 1. The Balaban J connectivity index is 1.78. The summed E-state index contributed by atoms with van der Waals surface area (Å²) < 4.78 is 38.3. The van der Waals surface area contributed by atoms with Gasteiger partial charge in [0.05, 0.1) is 5.56 Å². The molecule has 2 nitrogen and oxygen atoms in total. The largest absolute Gasteiger partial charge is 0.416 e. The van der Waals surface area contributed by atoms with Crippen molar-refractivity contribution in [3.8, 4) is 0 Å². The molecule has 5 heteroatoms.